The van der Waals surface area contributed by atoms with Gasteiger partial charge in [0, 0.05) is 44.0 Å². The van der Waals surface area contributed by atoms with Crippen molar-refractivity contribution < 1.29 is 4.39 Å². The average Bonchev–Trinajstić information content (AvgIpc) is 2.91. The van der Waals surface area contributed by atoms with Crippen LogP contribution >= 0.6 is 11.6 Å². The zero-order chi connectivity index (χ0) is 14.8. The van der Waals surface area contributed by atoms with Gasteiger partial charge < -0.3 is 9.47 Å². The zero-order valence-electron chi connectivity index (χ0n) is 12.1. The van der Waals surface area contributed by atoms with Gasteiger partial charge in [0.15, 0.2) is 0 Å². The number of hydrogen-bond acceptors (Lipinski definition) is 2. The number of aryl methyl sites for hydroxylation is 1. The van der Waals surface area contributed by atoms with Crippen molar-refractivity contribution in [3.8, 4) is 0 Å². The van der Waals surface area contributed by atoms with Gasteiger partial charge >= 0.3 is 0 Å². The van der Waals surface area contributed by atoms with Crippen LogP contribution in [0.25, 0.3) is 0 Å². The molecule has 0 bridgehead atoms. The monoisotopic (exact) mass is 307 g/mol. The Balaban J connectivity index is 1.60. The lowest BCUT2D eigenvalue weighted by molar-refractivity contribution is 0.227. The number of benzene rings is 1. The standard InChI is InChI=1S/C16H19ClFN3/c1-20(11-13-3-2-4-14(17)16(13)18)9-12-5-6-15-19-7-8-21(15)10-12/h2-4,7-8,12H,5-6,9-11H2,1H3/t12-/m0/s1. The maximum atomic E-state index is 13.9. The fourth-order valence-corrected chi connectivity index (χ4v) is 3.25. The van der Waals surface area contributed by atoms with E-state index in [4.69, 9.17) is 11.6 Å². The molecule has 0 saturated carbocycles. The Morgan fingerprint density at radius 2 is 2.33 bits per heavy atom. The van der Waals surface area contributed by atoms with E-state index in [1.807, 2.05) is 19.4 Å². The van der Waals surface area contributed by atoms with Crippen LogP contribution in [0.5, 0.6) is 0 Å². The van der Waals surface area contributed by atoms with Gasteiger partial charge in [0.05, 0.1) is 5.02 Å². The Morgan fingerprint density at radius 1 is 1.48 bits per heavy atom. The van der Waals surface area contributed by atoms with Gasteiger partial charge in [-0.05, 0) is 25.5 Å². The van der Waals surface area contributed by atoms with Crippen molar-refractivity contribution in [1.29, 1.82) is 0 Å². The molecule has 0 spiro atoms. The molecule has 1 aliphatic heterocycles. The lowest BCUT2D eigenvalue weighted by Crippen LogP contribution is -2.31. The molecule has 3 nitrogen and oxygen atoms in total. The third-order valence-corrected chi connectivity index (χ3v) is 4.37. The van der Waals surface area contributed by atoms with Gasteiger partial charge in [0.25, 0.3) is 0 Å². The van der Waals surface area contributed by atoms with Crippen molar-refractivity contribution in [2.45, 2.75) is 25.9 Å². The normalized spacial score (nSPS) is 18.0. The highest BCUT2D eigenvalue weighted by Gasteiger charge is 2.20. The average molecular weight is 308 g/mol. The number of aromatic nitrogens is 2. The molecule has 0 radical (unpaired) electrons. The second kappa shape index (κ2) is 6.16. The first-order chi connectivity index (χ1) is 10.1. The summed E-state index contributed by atoms with van der Waals surface area (Å²) in [6.07, 6.45) is 6.07. The van der Waals surface area contributed by atoms with E-state index in [1.165, 1.54) is 5.82 Å². The zero-order valence-corrected chi connectivity index (χ0v) is 12.9. The highest BCUT2D eigenvalue weighted by atomic mass is 35.5. The van der Waals surface area contributed by atoms with Crippen molar-refractivity contribution in [2.24, 2.45) is 5.92 Å². The Kier molecular flexibility index (Phi) is 4.27. The molecule has 2 heterocycles. The minimum atomic E-state index is -0.299. The fraction of sp³-hybridized carbons (Fsp3) is 0.438. The molecule has 1 aromatic heterocycles. The maximum absolute atomic E-state index is 13.9. The number of halogens is 2. The Bertz CT molecular complexity index is 626. The summed E-state index contributed by atoms with van der Waals surface area (Å²) in [5, 5.41) is 0.196. The molecular formula is C16H19ClFN3. The van der Waals surface area contributed by atoms with Gasteiger partial charge in [-0.1, -0.05) is 23.7 Å². The third-order valence-electron chi connectivity index (χ3n) is 4.07. The van der Waals surface area contributed by atoms with Crippen molar-refractivity contribution in [1.82, 2.24) is 14.5 Å². The van der Waals surface area contributed by atoms with Crippen LogP contribution < -0.4 is 0 Å². The van der Waals surface area contributed by atoms with Crippen LogP contribution in [0.15, 0.2) is 30.6 Å². The molecule has 1 aromatic carbocycles. The van der Waals surface area contributed by atoms with E-state index >= 15 is 0 Å². The van der Waals surface area contributed by atoms with Gasteiger partial charge in [-0.3, -0.25) is 0 Å². The Morgan fingerprint density at radius 3 is 3.19 bits per heavy atom. The molecule has 1 aliphatic rings. The van der Waals surface area contributed by atoms with Crippen molar-refractivity contribution >= 4 is 11.6 Å². The summed E-state index contributed by atoms with van der Waals surface area (Å²) < 4.78 is 16.1. The quantitative estimate of drug-likeness (QED) is 0.863. The van der Waals surface area contributed by atoms with Crippen LogP contribution in [-0.4, -0.2) is 28.0 Å². The van der Waals surface area contributed by atoms with Gasteiger partial charge in [-0.2, -0.15) is 0 Å². The summed E-state index contributed by atoms with van der Waals surface area (Å²) >= 11 is 5.83. The van der Waals surface area contributed by atoms with Crippen LogP contribution in [0.1, 0.15) is 17.8 Å². The van der Waals surface area contributed by atoms with E-state index in [9.17, 15) is 4.39 Å². The maximum Gasteiger partial charge on any atom is 0.146 e. The molecule has 2 aromatic rings. The molecule has 3 rings (SSSR count). The first kappa shape index (κ1) is 14.5. The molecule has 0 N–H and O–H groups in total. The molecule has 0 unspecified atom stereocenters. The molecular weight excluding hydrogens is 289 g/mol. The molecule has 1 atom stereocenters. The predicted molar refractivity (Wildman–Crippen MR) is 81.8 cm³/mol. The minimum Gasteiger partial charge on any atom is -0.335 e. The molecule has 0 aliphatic carbocycles. The van der Waals surface area contributed by atoms with E-state index in [0.29, 0.717) is 18.0 Å². The van der Waals surface area contributed by atoms with E-state index in [1.54, 1.807) is 18.2 Å². The van der Waals surface area contributed by atoms with E-state index in [-0.39, 0.29) is 10.8 Å². The Hall–Kier alpha value is -1.39. The second-order valence-corrected chi connectivity index (χ2v) is 6.22. The first-order valence-corrected chi connectivity index (χ1v) is 7.62. The number of rotatable bonds is 4. The fourth-order valence-electron chi connectivity index (χ4n) is 3.05. The largest absolute Gasteiger partial charge is 0.335 e. The van der Waals surface area contributed by atoms with Crippen LogP contribution in [0, 0.1) is 11.7 Å². The molecule has 112 valence electrons. The molecule has 5 heteroatoms. The van der Waals surface area contributed by atoms with Crippen molar-refractivity contribution in [2.75, 3.05) is 13.6 Å². The number of imidazole rings is 1. The second-order valence-electron chi connectivity index (χ2n) is 5.81. The lowest BCUT2D eigenvalue weighted by atomic mass is 9.99. The Labute approximate surface area is 129 Å². The third kappa shape index (κ3) is 3.27. The number of hydrogen-bond donors (Lipinski definition) is 0. The van der Waals surface area contributed by atoms with Gasteiger partial charge in [-0.15, -0.1) is 0 Å². The summed E-state index contributed by atoms with van der Waals surface area (Å²) in [6.45, 7) is 2.53. The predicted octanol–water partition coefficient (Wildman–Crippen LogP) is 3.37. The number of fused-ring (bicyclic) bond motifs is 1. The van der Waals surface area contributed by atoms with Crippen molar-refractivity contribution in [3.63, 3.8) is 0 Å². The van der Waals surface area contributed by atoms with E-state index < -0.39 is 0 Å². The van der Waals surface area contributed by atoms with Gasteiger partial charge in [0.2, 0.25) is 0 Å². The first-order valence-electron chi connectivity index (χ1n) is 7.25. The SMILES string of the molecule is CN(Cc1cccc(Cl)c1F)C[C@@H]1CCc2nccn2C1. The van der Waals surface area contributed by atoms with E-state index in [0.717, 1.165) is 25.9 Å². The van der Waals surface area contributed by atoms with Crippen molar-refractivity contribution in [3.05, 3.63) is 52.8 Å². The summed E-state index contributed by atoms with van der Waals surface area (Å²) in [7, 11) is 2.03. The summed E-state index contributed by atoms with van der Waals surface area (Å²) in [4.78, 5) is 6.51. The highest BCUT2D eigenvalue weighted by Crippen LogP contribution is 2.22. The summed E-state index contributed by atoms with van der Waals surface area (Å²) in [5.41, 5.74) is 0.657. The minimum absolute atomic E-state index is 0.196. The van der Waals surface area contributed by atoms with Gasteiger partial charge in [0.1, 0.15) is 11.6 Å². The summed E-state index contributed by atoms with van der Waals surface area (Å²) in [6, 6.07) is 5.18. The summed E-state index contributed by atoms with van der Waals surface area (Å²) in [5.74, 6) is 1.46. The van der Waals surface area contributed by atoms with Gasteiger partial charge in [-0.25, -0.2) is 9.37 Å². The topological polar surface area (TPSA) is 21.1 Å². The lowest BCUT2D eigenvalue weighted by Gasteiger charge is -2.28. The molecule has 21 heavy (non-hydrogen) atoms. The van der Waals surface area contributed by atoms with Crippen LogP contribution in [0.3, 0.4) is 0 Å². The highest BCUT2D eigenvalue weighted by molar-refractivity contribution is 6.30. The van der Waals surface area contributed by atoms with Crippen LogP contribution in [-0.2, 0) is 19.5 Å². The van der Waals surface area contributed by atoms with Crippen LogP contribution in [0.4, 0.5) is 4.39 Å². The van der Waals surface area contributed by atoms with Crippen LogP contribution in [0.2, 0.25) is 5.02 Å². The molecule has 0 saturated heterocycles. The number of nitrogens with zero attached hydrogens (tertiary/aromatic N) is 3. The molecule has 0 amide bonds. The molecule has 0 fully saturated rings. The van der Waals surface area contributed by atoms with E-state index in [2.05, 4.69) is 14.5 Å². The smallest absolute Gasteiger partial charge is 0.146 e.